The van der Waals surface area contributed by atoms with E-state index in [1.807, 2.05) is 0 Å². The van der Waals surface area contributed by atoms with Crippen molar-refractivity contribution in [1.29, 1.82) is 0 Å². The number of unbranched alkanes of at least 4 members (excludes halogenated alkanes) is 1. The van der Waals surface area contributed by atoms with Gasteiger partial charge in [-0.05, 0) is 30.5 Å². The second-order valence-corrected chi connectivity index (χ2v) is 4.37. The lowest BCUT2D eigenvalue weighted by Gasteiger charge is -2.06. The van der Waals surface area contributed by atoms with Gasteiger partial charge < -0.3 is 15.0 Å². The number of hydrogen-bond acceptors (Lipinski definition) is 4. The number of anilines is 1. The monoisotopic (exact) mass is 282 g/mol. The van der Waals surface area contributed by atoms with Gasteiger partial charge in [0.25, 0.3) is 0 Å². The van der Waals surface area contributed by atoms with Crippen molar-refractivity contribution in [2.24, 2.45) is 0 Å². The summed E-state index contributed by atoms with van der Waals surface area (Å²) in [5, 5.41) is 3.95. The highest BCUT2D eigenvalue weighted by molar-refractivity contribution is 5.75. The van der Waals surface area contributed by atoms with Gasteiger partial charge in [-0.25, -0.2) is 0 Å². The second-order valence-electron chi connectivity index (χ2n) is 4.37. The zero-order valence-electron chi connectivity index (χ0n) is 11.1. The summed E-state index contributed by atoms with van der Waals surface area (Å²) in [6.45, 7) is -0.749. The number of alkyl halides is 2. The molecule has 108 valence electrons. The first kappa shape index (κ1) is 14.3. The van der Waals surface area contributed by atoms with E-state index in [1.54, 1.807) is 12.1 Å². The highest BCUT2D eigenvalue weighted by Gasteiger charge is 2.15. The normalized spacial score (nSPS) is 11.0. The molecule has 0 atom stereocenters. The summed E-state index contributed by atoms with van der Waals surface area (Å²) < 4.78 is 33.5. The van der Waals surface area contributed by atoms with Crippen LogP contribution in [0.5, 0.6) is 5.75 Å². The molecule has 0 aliphatic carbocycles. The summed E-state index contributed by atoms with van der Waals surface area (Å²) in [5.74, 6) is 0.340. The Morgan fingerprint density at radius 2 is 2.00 bits per heavy atom. The Hall–Kier alpha value is -2.11. The van der Waals surface area contributed by atoms with Crippen LogP contribution in [0.1, 0.15) is 25.5 Å². The van der Waals surface area contributed by atoms with Crippen LogP contribution in [0.3, 0.4) is 0 Å². The molecule has 0 spiro atoms. The van der Waals surface area contributed by atoms with E-state index in [-0.39, 0.29) is 11.6 Å². The molecule has 4 nitrogen and oxygen atoms in total. The van der Waals surface area contributed by atoms with E-state index in [2.05, 4.69) is 16.8 Å². The molecule has 1 heterocycles. The Morgan fingerprint density at radius 1 is 1.30 bits per heavy atom. The van der Waals surface area contributed by atoms with Crippen molar-refractivity contribution in [2.45, 2.75) is 32.8 Å². The molecule has 0 saturated carbocycles. The zero-order chi connectivity index (χ0) is 14.5. The molecule has 1 aromatic heterocycles. The van der Waals surface area contributed by atoms with Gasteiger partial charge in [-0.3, -0.25) is 0 Å². The van der Waals surface area contributed by atoms with Crippen molar-refractivity contribution in [3.8, 4) is 16.9 Å². The first-order valence-electron chi connectivity index (χ1n) is 6.41. The fourth-order valence-corrected chi connectivity index (χ4v) is 1.96. The second kappa shape index (κ2) is 6.36. The summed E-state index contributed by atoms with van der Waals surface area (Å²) in [5.41, 5.74) is 8.07. The molecule has 0 aliphatic rings. The quantitative estimate of drug-likeness (QED) is 0.873. The lowest BCUT2D eigenvalue weighted by Crippen LogP contribution is -2.01. The highest BCUT2D eigenvalue weighted by atomic mass is 19.3. The average Bonchev–Trinajstić information content (AvgIpc) is 2.78. The molecule has 2 N–H and O–H groups in total. The summed E-state index contributed by atoms with van der Waals surface area (Å²) in [6.07, 6.45) is 2.78. The van der Waals surface area contributed by atoms with Crippen LogP contribution in [0.2, 0.25) is 0 Å². The number of rotatable bonds is 6. The SMILES string of the molecule is CCCCc1noc(N)c1-c1ccc(OC(F)F)cc1. The highest BCUT2D eigenvalue weighted by Crippen LogP contribution is 2.32. The molecule has 2 aromatic rings. The molecule has 0 amide bonds. The number of aryl methyl sites for hydroxylation is 1. The van der Waals surface area contributed by atoms with Gasteiger partial charge in [-0.15, -0.1) is 0 Å². The summed E-state index contributed by atoms with van der Waals surface area (Å²) in [6, 6.07) is 6.27. The number of ether oxygens (including phenoxy) is 1. The van der Waals surface area contributed by atoms with Crippen molar-refractivity contribution in [2.75, 3.05) is 5.73 Å². The van der Waals surface area contributed by atoms with E-state index in [1.165, 1.54) is 12.1 Å². The van der Waals surface area contributed by atoms with Gasteiger partial charge in [0.2, 0.25) is 5.88 Å². The topological polar surface area (TPSA) is 61.3 Å². The van der Waals surface area contributed by atoms with Crippen LogP contribution in [0, 0.1) is 0 Å². The van der Waals surface area contributed by atoms with Crippen LogP contribution in [0.4, 0.5) is 14.7 Å². The minimum atomic E-state index is -2.83. The predicted molar refractivity (Wildman–Crippen MR) is 71.6 cm³/mol. The van der Waals surface area contributed by atoms with Gasteiger partial charge in [0.15, 0.2) is 0 Å². The van der Waals surface area contributed by atoms with Crippen molar-refractivity contribution < 1.29 is 18.0 Å². The molecule has 6 heteroatoms. The minimum absolute atomic E-state index is 0.105. The van der Waals surface area contributed by atoms with E-state index < -0.39 is 6.61 Å². The minimum Gasteiger partial charge on any atom is -0.435 e. The van der Waals surface area contributed by atoms with Crippen molar-refractivity contribution in [3.05, 3.63) is 30.0 Å². The van der Waals surface area contributed by atoms with Gasteiger partial charge in [-0.2, -0.15) is 8.78 Å². The predicted octanol–water partition coefficient (Wildman–Crippen LogP) is 3.87. The van der Waals surface area contributed by atoms with Gasteiger partial charge in [-0.1, -0.05) is 30.6 Å². The maximum atomic E-state index is 12.1. The summed E-state index contributed by atoms with van der Waals surface area (Å²) in [4.78, 5) is 0. The van der Waals surface area contributed by atoms with Gasteiger partial charge in [0.1, 0.15) is 5.75 Å². The van der Waals surface area contributed by atoms with Gasteiger partial charge >= 0.3 is 6.61 Å². The van der Waals surface area contributed by atoms with Crippen molar-refractivity contribution >= 4 is 5.88 Å². The largest absolute Gasteiger partial charge is 0.435 e. The van der Waals surface area contributed by atoms with Crippen LogP contribution in [-0.4, -0.2) is 11.8 Å². The smallest absolute Gasteiger partial charge is 0.387 e. The fourth-order valence-electron chi connectivity index (χ4n) is 1.96. The number of benzene rings is 1. The molecule has 1 aromatic carbocycles. The first-order valence-corrected chi connectivity index (χ1v) is 6.41. The molecule has 0 bridgehead atoms. The number of hydrogen-bond donors (Lipinski definition) is 1. The Kier molecular flexibility index (Phi) is 4.55. The number of nitrogens with two attached hydrogens (primary N) is 1. The third-order valence-electron chi connectivity index (χ3n) is 2.92. The van der Waals surface area contributed by atoms with Crippen LogP contribution in [-0.2, 0) is 6.42 Å². The van der Waals surface area contributed by atoms with E-state index in [0.29, 0.717) is 0 Å². The van der Waals surface area contributed by atoms with Crippen LogP contribution in [0.25, 0.3) is 11.1 Å². The fraction of sp³-hybridized carbons (Fsp3) is 0.357. The number of aromatic nitrogens is 1. The van der Waals surface area contributed by atoms with Crippen LogP contribution < -0.4 is 10.5 Å². The molecule has 2 rings (SSSR count). The number of nitrogens with zero attached hydrogens (tertiary/aromatic N) is 1. The Morgan fingerprint density at radius 3 is 2.60 bits per heavy atom. The Labute approximate surface area is 115 Å². The Bertz CT molecular complexity index is 553. The summed E-state index contributed by atoms with van der Waals surface area (Å²) in [7, 11) is 0. The number of nitrogen functional groups attached to an aromatic ring is 1. The third-order valence-corrected chi connectivity index (χ3v) is 2.92. The molecule has 20 heavy (non-hydrogen) atoms. The maximum absolute atomic E-state index is 12.1. The number of halogens is 2. The van der Waals surface area contributed by atoms with E-state index in [0.717, 1.165) is 36.1 Å². The standard InChI is InChI=1S/C14H16F2N2O2/c1-2-3-4-11-12(13(17)20-18-11)9-5-7-10(8-6-9)19-14(15)16/h5-8,14H,2-4,17H2,1H3. The Balaban J connectivity index is 2.24. The average molecular weight is 282 g/mol. The van der Waals surface area contributed by atoms with E-state index >= 15 is 0 Å². The zero-order valence-corrected chi connectivity index (χ0v) is 11.1. The van der Waals surface area contributed by atoms with Gasteiger partial charge in [0, 0.05) is 0 Å². The van der Waals surface area contributed by atoms with Crippen molar-refractivity contribution in [3.63, 3.8) is 0 Å². The molecular formula is C14H16F2N2O2. The molecular weight excluding hydrogens is 266 g/mol. The molecule has 0 fully saturated rings. The molecule has 0 unspecified atom stereocenters. The lowest BCUT2D eigenvalue weighted by molar-refractivity contribution is -0.0498. The van der Waals surface area contributed by atoms with E-state index in [9.17, 15) is 8.78 Å². The van der Waals surface area contributed by atoms with Crippen LogP contribution in [0.15, 0.2) is 28.8 Å². The van der Waals surface area contributed by atoms with Crippen molar-refractivity contribution in [1.82, 2.24) is 5.16 Å². The van der Waals surface area contributed by atoms with E-state index in [4.69, 9.17) is 10.3 Å². The third kappa shape index (κ3) is 3.26. The molecule has 0 saturated heterocycles. The molecule has 0 radical (unpaired) electrons. The van der Waals surface area contributed by atoms with Gasteiger partial charge in [0.05, 0.1) is 11.3 Å². The molecule has 0 aliphatic heterocycles. The lowest BCUT2D eigenvalue weighted by atomic mass is 10.0. The maximum Gasteiger partial charge on any atom is 0.387 e. The first-order chi connectivity index (χ1) is 9.61. The summed E-state index contributed by atoms with van der Waals surface area (Å²) >= 11 is 0. The van der Waals surface area contributed by atoms with Crippen LogP contribution >= 0.6 is 0 Å².